The number of aliphatic hydroxyl groups is 1. The van der Waals surface area contributed by atoms with Gasteiger partial charge in [0, 0.05) is 10.6 Å². The number of aromatic amines is 1. The van der Waals surface area contributed by atoms with Gasteiger partial charge in [0.25, 0.3) is 0 Å². The Kier molecular flexibility index (Phi) is 4.03. The van der Waals surface area contributed by atoms with Crippen molar-refractivity contribution in [1.82, 2.24) is 15.2 Å². The van der Waals surface area contributed by atoms with Gasteiger partial charge >= 0.3 is 0 Å². The molecular formula is C15H14ClN3O2. The number of furan rings is 1. The summed E-state index contributed by atoms with van der Waals surface area (Å²) in [5, 5.41) is 17.2. The van der Waals surface area contributed by atoms with Crippen LogP contribution in [0.1, 0.15) is 23.9 Å². The van der Waals surface area contributed by atoms with Gasteiger partial charge < -0.3 is 9.52 Å². The molecule has 3 rings (SSSR count). The van der Waals surface area contributed by atoms with Gasteiger partial charge in [-0.05, 0) is 48.7 Å². The number of hydrogen-bond acceptors (Lipinski definition) is 4. The average molecular weight is 304 g/mol. The van der Waals surface area contributed by atoms with Crippen LogP contribution in [0.2, 0.25) is 5.02 Å². The summed E-state index contributed by atoms with van der Waals surface area (Å²) in [6, 6.07) is 9.39. The lowest BCUT2D eigenvalue weighted by Gasteiger charge is -2.07. The van der Waals surface area contributed by atoms with E-state index in [1.807, 2.05) is 30.3 Å². The van der Waals surface area contributed by atoms with E-state index in [4.69, 9.17) is 16.0 Å². The summed E-state index contributed by atoms with van der Waals surface area (Å²) in [5.41, 5.74) is 2.00. The molecule has 1 unspecified atom stereocenters. The molecule has 2 heterocycles. The van der Waals surface area contributed by atoms with Gasteiger partial charge in [-0.2, -0.15) is 5.10 Å². The molecule has 2 N–H and O–H groups in total. The van der Waals surface area contributed by atoms with E-state index in [9.17, 15) is 5.11 Å². The highest BCUT2D eigenvalue weighted by atomic mass is 35.5. The average Bonchev–Trinajstić information content (AvgIpc) is 3.17. The Bertz CT molecular complexity index is 692. The fourth-order valence-corrected chi connectivity index (χ4v) is 2.31. The molecule has 6 heteroatoms. The molecule has 0 spiro atoms. The van der Waals surface area contributed by atoms with Gasteiger partial charge in [0.15, 0.2) is 5.82 Å². The number of benzene rings is 1. The van der Waals surface area contributed by atoms with Crippen LogP contribution in [0, 0.1) is 0 Å². The molecule has 0 aliphatic carbocycles. The van der Waals surface area contributed by atoms with Crippen LogP contribution < -0.4 is 0 Å². The van der Waals surface area contributed by atoms with Crippen molar-refractivity contribution in [2.24, 2.45) is 0 Å². The Morgan fingerprint density at radius 3 is 2.76 bits per heavy atom. The molecule has 0 saturated heterocycles. The first-order valence-corrected chi connectivity index (χ1v) is 6.98. The van der Waals surface area contributed by atoms with Crippen molar-refractivity contribution in [2.45, 2.75) is 18.9 Å². The lowest BCUT2D eigenvalue weighted by molar-refractivity contribution is 0.158. The van der Waals surface area contributed by atoms with Crippen molar-refractivity contribution in [2.75, 3.05) is 0 Å². The van der Waals surface area contributed by atoms with Crippen molar-refractivity contribution in [1.29, 1.82) is 0 Å². The zero-order valence-electron chi connectivity index (χ0n) is 11.2. The third-order valence-electron chi connectivity index (χ3n) is 3.27. The Balaban J connectivity index is 1.72. The van der Waals surface area contributed by atoms with Crippen molar-refractivity contribution >= 4 is 11.6 Å². The molecule has 1 aromatic carbocycles. The smallest absolute Gasteiger partial charge is 0.178 e. The number of nitrogens with one attached hydrogen (secondary N) is 1. The Morgan fingerprint density at radius 1 is 1.24 bits per heavy atom. The second-order valence-electron chi connectivity index (χ2n) is 4.69. The number of aromatic nitrogens is 3. The Hall–Kier alpha value is -2.11. The molecule has 0 fully saturated rings. The predicted octanol–water partition coefficient (Wildman–Crippen LogP) is 3.38. The quantitative estimate of drug-likeness (QED) is 0.757. The highest BCUT2D eigenvalue weighted by molar-refractivity contribution is 6.30. The van der Waals surface area contributed by atoms with Crippen molar-refractivity contribution in [3.05, 3.63) is 59.3 Å². The maximum Gasteiger partial charge on any atom is 0.178 e. The molecule has 0 amide bonds. The summed E-state index contributed by atoms with van der Waals surface area (Å²) in [6.07, 6.45) is 3.61. The first kappa shape index (κ1) is 13.9. The number of rotatable bonds is 5. The second-order valence-corrected chi connectivity index (χ2v) is 5.13. The number of nitrogens with zero attached hydrogens (tertiary/aromatic N) is 2. The van der Waals surface area contributed by atoms with E-state index in [0.29, 0.717) is 23.7 Å². The van der Waals surface area contributed by atoms with E-state index in [-0.39, 0.29) is 0 Å². The zero-order valence-corrected chi connectivity index (χ0v) is 11.9. The maximum absolute atomic E-state index is 10.0. The summed E-state index contributed by atoms with van der Waals surface area (Å²) in [5.74, 6) is 1.21. The third kappa shape index (κ3) is 3.15. The maximum atomic E-state index is 10.0. The number of aliphatic hydroxyl groups excluding tert-OH is 1. The summed E-state index contributed by atoms with van der Waals surface area (Å²) < 4.78 is 5.55. The van der Waals surface area contributed by atoms with Crippen molar-refractivity contribution in [3.8, 4) is 11.3 Å². The van der Waals surface area contributed by atoms with Gasteiger partial charge in [-0.3, -0.25) is 5.10 Å². The van der Waals surface area contributed by atoms with E-state index in [1.165, 1.54) is 6.33 Å². The monoisotopic (exact) mass is 303 g/mol. The lowest BCUT2D eigenvalue weighted by Crippen LogP contribution is -2.02. The van der Waals surface area contributed by atoms with Crippen LogP contribution in [-0.4, -0.2) is 20.3 Å². The number of halogens is 1. The van der Waals surface area contributed by atoms with Crippen molar-refractivity contribution in [3.63, 3.8) is 0 Å². The normalized spacial score (nSPS) is 12.5. The minimum Gasteiger partial charge on any atom is -0.464 e. The van der Waals surface area contributed by atoms with Gasteiger partial charge in [0.2, 0.25) is 0 Å². The van der Waals surface area contributed by atoms with Crippen LogP contribution in [0.25, 0.3) is 11.3 Å². The SMILES string of the molecule is OC(CCc1ccoc1-c1ccc(Cl)cc1)c1nc[nH]n1. The summed E-state index contributed by atoms with van der Waals surface area (Å²) in [4.78, 5) is 3.95. The van der Waals surface area contributed by atoms with Gasteiger partial charge in [-0.25, -0.2) is 4.98 Å². The van der Waals surface area contributed by atoms with Gasteiger partial charge in [0.05, 0.1) is 6.26 Å². The molecule has 5 nitrogen and oxygen atoms in total. The summed E-state index contributed by atoms with van der Waals surface area (Å²) in [6.45, 7) is 0. The third-order valence-corrected chi connectivity index (χ3v) is 3.52. The topological polar surface area (TPSA) is 74.9 Å². The largest absolute Gasteiger partial charge is 0.464 e. The second kappa shape index (κ2) is 6.11. The zero-order chi connectivity index (χ0) is 14.7. The molecule has 3 aromatic rings. The summed E-state index contributed by atoms with van der Waals surface area (Å²) >= 11 is 5.89. The fourth-order valence-electron chi connectivity index (χ4n) is 2.19. The molecule has 21 heavy (non-hydrogen) atoms. The Labute approximate surface area is 126 Å². The van der Waals surface area contributed by atoms with Crippen LogP contribution in [0.5, 0.6) is 0 Å². The molecule has 0 aliphatic rings. The molecule has 2 aromatic heterocycles. The minimum absolute atomic E-state index is 0.409. The van der Waals surface area contributed by atoms with Gasteiger partial charge in [-0.1, -0.05) is 11.6 Å². The number of hydrogen-bond donors (Lipinski definition) is 2. The molecule has 0 radical (unpaired) electrons. The molecule has 0 bridgehead atoms. The lowest BCUT2D eigenvalue weighted by atomic mass is 10.0. The van der Waals surface area contributed by atoms with E-state index in [0.717, 1.165) is 16.9 Å². The van der Waals surface area contributed by atoms with Crippen LogP contribution in [0.3, 0.4) is 0 Å². The fraction of sp³-hybridized carbons (Fsp3) is 0.200. The minimum atomic E-state index is -0.691. The number of H-pyrrole nitrogens is 1. The van der Waals surface area contributed by atoms with E-state index >= 15 is 0 Å². The molecule has 0 aliphatic heterocycles. The van der Waals surface area contributed by atoms with E-state index in [2.05, 4.69) is 15.2 Å². The first-order chi connectivity index (χ1) is 10.2. The molecule has 0 saturated carbocycles. The Morgan fingerprint density at radius 2 is 2.05 bits per heavy atom. The standard InChI is InChI=1S/C15H14ClN3O2/c16-12-4-1-10(2-5-12)14-11(7-8-21-14)3-6-13(20)15-17-9-18-19-15/h1-2,4-5,7-9,13,20H,3,6H2,(H,17,18,19). The van der Waals surface area contributed by atoms with E-state index < -0.39 is 6.10 Å². The van der Waals surface area contributed by atoms with E-state index in [1.54, 1.807) is 6.26 Å². The van der Waals surface area contributed by atoms with Crippen LogP contribution in [-0.2, 0) is 6.42 Å². The van der Waals surface area contributed by atoms with Gasteiger partial charge in [0.1, 0.15) is 18.2 Å². The predicted molar refractivity (Wildman–Crippen MR) is 78.8 cm³/mol. The van der Waals surface area contributed by atoms with Crippen LogP contribution in [0.15, 0.2) is 47.3 Å². The van der Waals surface area contributed by atoms with Crippen molar-refractivity contribution < 1.29 is 9.52 Å². The number of aryl methyl sites for hydroxylation is 1. The molecule has 108 valence electrons. The van der Waals surface area contributed by atoms with Crippen LogP contribution in [0.4, 0.5) is 0 Å². The highest BCUT2D eigenvalue weighted by Crippen LogP contribution is 2.28. The van der Waals surface area contributed by atoms with Crippen LogP contribution >= 0.6 is 11.6 Å². The molecule has 1 atom stereocenters. The molecular weight excluding hydrogens is 290 g/mol. The van der Waals surface area contributed by atoms with Gasteiger partial charge in [-0.15, -0.1) is 0 Å². The highest BCUT2D eigenvalue weighted by Gasteiger charge is 2.14. The first-order valence-electron chi connectivity index (χ1n) is 6.60. The summed E-state index contributed by atoms with van der Waals surface area (Å²) in [7, 11) is 0.